The quantitative estimate of drug-likeness (QED) is 0.439. The average molecular weight is 582 g/mol. The number of halogens is 1. The van der Waals surface area contributed by atoms with E-state index < -0.39 is 30.8 Å². The Hall–Kier alpha value is -3.27. The molecule has 0 amide bonds. The minimum atomic E-state index is -4.46. The van der Waals surface area contributed by atoms with Crippen molar-refractivity contribution in [2.24, 2.45) is 4.40 Å². The lowest BCUT2D eigenvalue weighted by Crippen LogP contribution is -2.34. The predicted molar refractivity (Wildman–Crippen MR) is 138 cm³/mol. The van der Waals surface area contributed by atoms with Crippen LogP contribution in [0.25, 0.3) is 5.57 Å². The molecule has 3 aromatic rings. The van der Waals surface area contributed by atoms with Crippen LogP contribution in [-0.2, 0) is 20.0 Å². The van der Waals surface area contributed by atoms with Gasteiger partial charge in [0.15, 0.2) is 6.73 Å². The highest BCUT2D eigenvalue weighted by Gasteiger charge is 2.32. The molecule has 2 aromatic carbocycles. The van der Waals surface area contributed by atoms with E-state index in [-0.39, 0.29) is 23.3 Å². The Kier molecular flexibility index (Phi) is 6.79. The van der Waals surface area contributed by atoms with Crippen molar-refractivity contribution in [3.05, 3.63) is 70.5 Å². The zero-order valence-corrected chi connectivity index (χ0v) is 22.8. The number of fused-ring (bicyclic) bond motifs is 1. The van der Waals surface area contributed by atoms with Gasteiger partial charge in [-0.25, -0.2) is 17.8 Å². The minimum absolute atomic E-state index is 0.0722. The lowest BCUT2D eigenvalue weighted by molar-refractivity contribution is 0.216. The highest BCUT2D eigenvalue weighted by Crippen LogP contribution is 2.43. The van der Waals surface area contributed by atoms with Crippen LogP contribution in [0, 0.1) is 5.82 Å². The molecule has 0 spiro atoms. The molecule has 202 valence electrons. The Morgan fingerprint density at radius 2 is 1.97 bits per heavy atom. The van der Waals surface area contributed by atoms with E-state index >= 15 is 4.39 Å². The summed E-state index contributed by atoms with van der Waals surface area (Å²) in [5.41, 5.74) is 3.32. The van der Waals surface area contributed by atoms with Crippen LogP contribution in [0.3, 0.4) is 0 Å². The molecule has 0 unspecified atom stereocenters. The summed E-state index contributed by atoms with van der Waals surface area (Å²) in [4.78, 5) is 4.56. The van der Waals surface area contributed by atoms with Gasteiger partial charge in [-0.05, 0) is 30.0 Å². The number of hydrogen-bond donors (Lipinski definition) is 1. The summed E-state index contributed by atoms with van der Waals surface area (Å²) in [5, 5.41) is 9.31. The maximum atomic E-state index is 15.1. The summed E-state index contributed by atoms with van der Waals surface area (Å²) < 4.78 is 75.6. The molecule has 0 fully saturated rings. The van der Waals surface area contributed by atoms with Crippen LogP contribution in [0.4, 0.5) is 10.1 Å². The first-order valence-electron chi connectivity index (χ1n) is 11.5. The van der Waals surface area contributed by atoms with Crippen molar-refractivity contribution in [1.82, 2.24) is 13.4 Å². The van der Waals surface area contributed by atoms with Crippen molar-refractivity contribution in [2.75, 3.05) is 31.0 Å². The molecule has 11 nitrogen and oxygen atoms in total. The molecule has 0 saturated heterocycles. The van der Waals surface area contributed by atoms with Gasteiger partial charge in [-0.3, -0.25) is 0 Å². The van der Waals surface area contributed by atoms with E-state index in [4.69, 9.17) is 4.74 Å². The van der Waals surface area contributed by atoms with E-state index in [0.29, 0.717) is 40.9 Å². The molecule has 1 aromatic heterocycles. The molecule has 1 N–H and O–H groups in total. The fourth-order valence-electron chi connectivity index (χ4n) is 4.53. The third-order valence-electron chi connectivity index (χ3n) is 6.47. The summed E-state index contributed by atoms with van der Waals surface area (Å²) in [6, 6.07) is 9.67. The van der Waals surface area contributed by atoms with Crippen LogP contribution in [0.2, 0.25) is 0 Å². The second-order valence-corrected chi connectivity index (χ2v) is 13.3. The molecular weight excluding hydrogens is 557 g/mol. The molecule has 38 heavy (non-hydrogen) atoms. The summed E-state index contributed by atoms with van der Waals surface area (Å²) in [6.07, 6.45) is 4.63. The fraction of sp³-hybridized carbons (Fsp3) is 0.304. The number of anilines is 1. The summed E-state index contributed by atoms with van der Waals surface area (Å²) >= 11 is 0.573. The third kappa shape index (κ3) is 5.06. The van der Waals surface area contributed by atoms with Gasteiger partial charge in [0.25, 0.3) is 10.0 Å². The zero-order valence-electron chi connectivity index (χ0n) is 20.4. The topological polar surface area (TPSA) is 134 Å². The van der Waals surface area contributed by atoms with Crippen LogP contribution in [-0.4, -0.2) is 61.5 Å². The van der Waals surface area contributed by atoms with Crippen molar-refractivity contribution in [1.29, 1.82) is 0 Å². The number of sulfonamides is 2. The molecule has 2 aliphatic heterocycles. The lowest BCUT2D eigenvalue weighted by Gasteiger charge is -2.30. The minimum Gasteiger partial charge on any atom is -0.471 e. The normalized spacial score (nSPS) is 17.7. The van der Waals surface area contributed by atoms with E-state index in [2.05, 4.69) is 9.38 Å². The Morgan fingerprint density at radius 3 is 2.63 bits per heavy atom. The van der Waals surface area contributed by atoms with Crippen molar-refractivity contribution >= 4 is 42.8 Å². The monoisotopic (exact) mass is 581 g/mol. The van der Waals surface area contributed by atoms with Crippen LogP contribution >= 0.6 is 11.5 Å². The van der Waals surface area contributed by atoms with Crippen molar-refractivity contribution in [3.63, 3.8) is 0 Å². The maximum Gasteiger partial charge on any atom is 0.288 e. The van der Waals surface area contributed by atoms with Gasteiger partial charge >= 0.3 is 0 Å². The van der Waals surface area contributed by atoms with Crippen LogP contribution in [0.5, 0.6) is 5.75 Å². The standard InChI is InChI=1S/C23H24FN5O6S3/c1-15(17-5-3-4-6-18(17)16-7-9-27(10-8-16)37(2,31)32)28-14-35-21-12-22(19(24)11-20(21)28)38(33,34)26-23-25-13-29(30)36-23/h3-7,11-13,15,30H,8-10,14H2,1-2H3/t15-/m1/s1. The Bertz CT molecular complexity index is 1710. The SMILES string of the molecule is C[C@H](c1ccccc1C1=CCN(S(C)(=O)=O)CC1)N1COc2cc(S(=O)(=O)N=c3ncn(O)s3)c(F)cc21. The first kappa shape index (κ1) is 26.3. The lowest BCUT2D eigenvalue weighted by atomic mass is 9.91. The molecule has 0 bridgehead atoms. The maximum absolute atomic E-state index is 15.1. The smallest absolute Gasteiger partial charge is 0.288 e. The van der Waals surface area contributed by atoms with Crippen molar-refractivity contribution in [2.45, 2.75) is 24.3 Å². The van der Waals surface area contributed by atoms with Gasteiger partial charge < -0.3 is 14.8 Å². The van der Waals surface area contributed by atoms with E-state index in [9.17, 15) is 22.0 Å². The first-order valence-corrected chi connectivity index (χ1v) is 15.5. The van der Waals surface area contributed by atoms with Gasteiger partial charge in [-0.1, -0.05) is 30.3 Å². The van der Waals surface area contributed by atoms with E-state index in [0.717, 1.165) is 35.2 Å². The van der Waals surface area contributed by atoms with Crippen LogP contribution in [0.1, 0.15) is 30.5 Å². The molecule has 0 saturated carbocycles. The number of ether oxygens (including phenoxy) is 1. The number of hydrogen-bond acceptors (Lipinski definition) is 9. The largest absolute Gasteiger partial charge is 0.471 e. The van der Waals surface area contributed by atoms with E-state index in [1.807, 2.05) is 42.2 Å². The molecular formula is C23H24FN5O6S3. The molecule has 3 heterocycles. The second kappa shape index (κ2) is 9.80. The number of aromatic nitrogens is 2. The highest BCUT2D eigenvalue weighted by molar-refractivity contribution is 7.90. The van der Waals surface area contributed by atoms with Crippen LogP contribution in [0.15, 0.2) is 58.1 Å². The van der Waals surface area contributed by atoms with E-state index in [1.165, 1.54) is 10.6 Å². The molecule has 0 aliphatic carbocycles. The number of rotatable bonds is 6. The van der Waals surface area contributed by atoms with Gasteiger partial charge in [0, 0.05) is 36.8 Å². The average Bonchev–Trinajstić information content (AvgIpc) is 3.47. The first-order chi connectivity index (χ1) is 17.9. The Morgan fingerprint density at radius 1 is 1.21 bits per heavy atom. The molecule has 0 radical (unpaired) electrons. The second-order valence-electron chi connectivity index (χ2n) is 8.84. The Labute approximate surface area is 223 Å². The molecule has 1 atom stereocenters. The third-order valence-corrected chi connectivity index (χ3v) is 9.77. The highest BCUT2D eigenvalue weighted by atomic mass is 32.2. The van der Waals surface area contributed by atoms with Gasteiger partial charge in [-0.15, -0.1) is 8.52 Å². The molecule has 15 heteroatoms. The van der Waals surface area contributed by atoms with Crippen molar-refractivity contribution in [3.8, 4) is 5.75 Å². The van der Waals surface area contributed by atoms with Gasteiger partial charge in [0.2, 0.25) is 14.8 Å². The molecule has 5 rings (SSSR count). The molecule has 2 aliphatic rings. The van der Waals surface area contributed by atoms with Crippen LogP contribution < -0.4 is 14.4 Å². The van der Waals surface area contributed by atoms with E-state index in [1.54, 1.807) is 0 Å². The number of benzene rings is 2. The van der Waals surface area contributed by atoms with Gasteiger partial charge in [0.05, 0.1) is 18.0 Å². The summed E-state index contributed by atoms with van der Waals surface area (Å²) in [5.74, 6) is -0.797. The Balaban J connectivity index is 1.46. The van der Waals surface area contributed by atoms with Gasteiger partial charge in [-0.2, -0.15) is 12.7 Å². The van der Waals surface area contributed by atoms with Crippen molar-refractivity contribution < 1.29 is 31.2 Å². The summed E-state index contributed by atoms with van der Waals surface area (Å²) in [6.45, 7) is 2.69. The predicted octanol–water partition coefficient (Wildman–Crippen LogP) is 2.58. The number of nitrogens with zero attached hydrogens (tertiary/aromatic N) is 5. The fourth-order valence-corrected chi connectivity index (χ4v) is 7.00. The van der Waals surface area contributed by atoms with Gasteiger partial charge in [0.1, 0.15) is 22.8 Å². The zero-order chi connectivity index (χ0) is 27.2. The summed E-state index contributed by atoms with van der Waals surface area (Å²) in [7, 11) is -7.73.